The number of thiazole rings is 1. The van der Waals surface area contributed by atoms with E-state index in [1.165, 1.54) is 18.3 Å². The van der Waals surface area contributed by atoms with Crippen molar-refractivity contribution in [2.75, 3.05) is 5.32 Å². The average Bonchev–Trinajstić information content (AvgIpc) is 3.43. The smallest absolute Gasteiger partial charge is 0.307 e. The Morgan fingerprint density at radius 1 is 1.03 bits per heavy atom. The van der Waals surface area contributed by atoms with Crippen LogP contribution in [-0.2, 0) is 21.1 Å². The molecule has 0 saturated carbocycles. The molecule has 186 valence electrons. The minimum Gasteiger partial charge on any atom is -0.492 e. The van der Waals surface area contributed by atoms with E-state index in [0.717, 1.165) is 16.9 Å². The molecule has 3 N–H and O–H groups in total. The predicted molar refractivity (Wildman–Crippen MR) is 145 cm³/mol. The molecule has 10 heteroatoms. The maximum absolute atomic E-state index is 14.0. The second kappa shape index (κ2) is 9.64. The van der Waals surface area contributed by atoms with Crippen LogP contribution in [0.5, 0.6) is 5.88 Å². The van der Waals surface area contributed by atoms with Crippen molar-refractivity contribution < 1.29 is 23.4 Å². The van der Waals surface area contributed by atoms with Crippen molar-refractivity contribution in [3.8, 4) is 5.88 Å². The number of aryl methyl sites for hydroxylation is 1. The van der Waals surface area contributed by atoms with Gasteiger partial charge in [0, 0.05) is 23.0 Å². The average molecular weight is 532 g/mol. The number of carbonyl (C=O) groups is 1. The summed E-state index contributed by atoms with van der Waals surface area (Å²) in [7, 11) is -4.09. The number of aliphatic carboxylic acids is 1. The van der Waals surface area contributed by atoms with Gasteiger partial charge in [0.05, 0.1) is 17.0 Å². The first-order valence-electron chi connectivity index (χ1n) is 11.2. The molecular weight excluding hydrogens is 510 g/mol. The Bertz CT molecular complexity index is 1690. The van der Waals surface area contributed by atoms with E-state index in [2.05, 4.69) is 15.3 Å². The number of benzene rings is 3. The number of anilines is 2. The molecule has 0 aliphatic carbocycles. The van der Waals surface area contributed by atoms with E-state index in [1.54, 1.807) is 54.6 Å². The third kappa shape index (κ3) is 4.89. The van der Waals surface area contributed by atoms with Gasteiger partial charge in [-0.25, -0.2) is 8.42 Å². The number of aromatic hydroxyl groups is 1. The van der Waals surface area contributed by atoms with Crippen molar-refractivity contribution >= 4 is 60.3 Å². The van der Waals surface area contributed by atoms with Gasteiger partial charge < -0.3 is 15.5 Å². The van der Waals surface area contributed by atoms with E-state index in [4.69, 9.17) is 5.11 Å². The number of sulfone groups is 1. The van der Waals surface area contributed by atoms with Crippen molar-refractivity contribution in [2.45, 2.75) is 18.2 Å². The van der Waals surface area contributed by atoms with Crippen molar-refractivity contribution in [3.63, 3.8) is 0 Å². The highest BCUT2D eigenvalue weighted by atomic mass is 32.2. The van der Waals surface area contributed by atoms with Gasteiger partial charge in [0.1, 0.15) is 9.78 Å². The lowest BCUT2D eigenvalue weighted by Crippen LogP contribution is -2.06. The second-order valence-corrected chi connectivity index (χ2v) is 11.3. The molecule has 1 aliphatic rings. The zero-order valence-corrected chi connectivity index (χ0v) is 21.2. The summed E-state index contributed by atoms with van der Waals surface area (Å²) < 4.78 is 28.0. The summed E-state index contributed by atoms with van der Waals surface area (Å²) in [5.41, 5.74) is 3.69. The SMILES string of the molecule is Cc1ccc(S(=O)(=O)C(=C2C=Nc3ccccc32)c2sc(Nc3cccc(CC(=O)O)c3)nc2O)cc1. The molecule has 0 spiro atoms. The Labute approximate surface area is 217 Å². The molecule has 0 amide bonds. The molecule has 0 bridgehead atoms. The standard InChI is InChI=1S/C27H21N3O5S2/c1-16-9-11-19(12-10-16)37(34,35)25(21-15-28-22-8-3-2-7-20(21)22)24-26(33)30-27(36-24)29-18-6-4-5-17(13-18)14-23(31)32/h2-13,15,33H,14H2,1H3,(H,29,30)(H,31,32). The summed E-state index contributed by atoms with van der Waals surface area (Å²) in [5.74, 6) is -1.40. The molecule has 8 nitrogen and oxygen atoms in total. The number of rotatable bonds is 7. The van der Waals surface area contributed by atoms with Gasteiger partial charge in [-0.15, -0.1) is 0 Å². The molecule has 4 aromatic rings. The quantitative estimate of drug-likeness (QED) is 0.284. The van der Waals surface area contributed by atoms with Crippen LogP contribution in [0.3, 0.4) is 0 Å². The lowest BCUT2D eigenvalue weighted by atomic mass is 10.1. The maximum Gasteiger partial charge on any atom is 0.307 e. The number of hydrogen-bond acceptors (Lipinski definition) is 8. The molecule has 0 saturated heterocycles. The van der Waals surface area contributed by atoms with E-state index < -0.39 is 21.7 Å². The number of carboxylic acids is 1. The van der Waals surface area contributed by atoms with Gasteiger partial charge >= 0.3 is 5.97 Å². The lowest BCUT2D eigenvalue weighted by molar-refractivity contribution is -0.136. The lowest BCUT2D eigenvalue weighted by Gasteiger charge is -2.12. The van der Waals surface area contributed by atoms with Crippen LogP contribution in [0.1, 0.15) is 21.6 Å². The molecule has 37 heavy (non-hydrogen) atoms. The third-order valence-electron chi connectivity index (χ3n) is 5.72. The largest absolute Gasteiger partial charge is 0.492 e. The molecular formula is C27H21N3O5S2. The van der Waals surface area contributed by atoms with Crippen LogP contribution in [0, 0.1) is 6.92 Å². The maximum atomic E-state index is 14.0. The van der Waals surface area contributed by atoms with E-state index in [0.29, 0.717) is 28.1 Å². The fraction of sp³-hybridized carbons (Fsp3) is 0.0741. The van der Waals surface area contributed by atoms with Crippen LogP contribution in [0.2, 0.25) is 0 Å². The number of fused-ring (bicyclic) bond motifs is 1. The van der Waals surface area contributed by atoms with Crippen LogP contribution in [0.15, 0.2) is 82.7 Å². The van der Waals surface area contributed by atoms with Crippen molar-refractivity contribution in [1.82, 2.24) is 4.98 Å². The Morgan fingerprint density at radius 2 is 1.78 bits per heavy atom. The van der Waals surface area contributed by atoms with E-state index in [1.807, 2.05) is 13.0 Å². The monoisotopic (exact) mass is 531 g/mol. The minimum absolute atomic E-state index is 0.0721. The van der Waals surface area contributed by atoms with Gasteiger partial charge in [-0.3, -0.25) is 9.79 Å². The molecule has 0 unspecified atom stereocenters. The van der Waals surface area contributed by atoms with Gasteiger partial charge in [0.2, 0.25) is 15.7 Å². The summed E-state index contributed by atoms with van der Waals surface area (Å²) in [6.45, 7) is 1.87. The number of aliphatic imine (C=N–C) groups is 1. The Balaban J connectivity index is 1.63. The number of allylic oxidation sites excluding steroid dienone is 1. The minimum atomic E-state index is -4.09. The highest BCUT2D eigenvalue weighted by molar-refractivity contribution is 8.01. The molecule has 1 aliphatic heterocycles. The number of hydrogen-bond donors (Lipinski definition) is 3. The van der Waals surface area contributed by atoms with Crippen LogP contribution < -0.4 is 5.32 Å². The Kier molecular flexibility index (Phi) is 6.36. The van der Waals surface area contributed by atoms with Crippen molar-refractivity contribution in [2.24, 2.45) is 4.99 Å². The highest BCUT2D eigenvalue weighted by Crippen LogP contribution is 2.46. The first-order valence-corrected chi connectivity index (χ1v) is 13.5. The first kappa shape index (κ1) is 24.4. The number of nitrogens with one attached hydrogen (secondary N) is 1. The zero-order valence-electron chi connectivity index (χ0n) is 19.5. The van der Waals surface area contributed by atoms with Gasteiger partial charge in [0.15, 0.2) is 5.13 Å². The summed E-state index contributed by atoms with van der Waals surface area (Å²) in [6, 6.07) is 20.5. The van der Waals surface area contributed by atoms with Gasteiger partial charge in [0.25, 0.3) is 0 Å². The number of nitrogens with zero attached hydrogens (tertiary/aromatic N) is 2. The van der Waals surface area contributed by atoms with Crippen LogP contribution in [-0.4, -0.2) is 35.8 Å². The predicted octanol–water partition coefficient (Wildman–Crippen LogP) is 5.59. The molecule has 0 radical (unpaired) electrons. The fourth-order valence-electron chi connectivity index (χ4n) is 3.99. The highest BCUT2D eigenvalue weighted by Gasteiger charge is 2.33. The van der Waals surface area contributed by atoms with Crippen LogP contribution >= 0.6 is 11.3 Å². The molecule has 3 aromatic carbocycles. The Hall–Kier alpha value is -4.28. The van der Waals surface area contributed by atoms with Gasteiger partial charge in [-0.1, -0.05) is 59.4 Å². The van der Waals surface area contributed by atoms with Crippen LogP contribution in [0.25, 0.3) is 10.5 Å². The normalized spacial score (nSPS) is 13.9. The van der Waals surface area contributed by atoms with Crippen molar-refractivity contribution in [3.05, 3.63) is 94.4 Å². The fourth-order valence-corrected chi connectivity index (χ4v) is 6.80. The molecule has 0 atom stereocenters. The molecule has 5 rings (SSSR count). The number of aromatic nitrogens is 1. The van der Waals surface area contributed by atoms with Crippen LogP contribution in [0.4, 0.5) is 16.5 Å². The summed E-state index contributed by atoms with van der Waals surface area (Å²) >= 11 is 0.981. The summed E-state index contributed by atoms with van der Waals surface area (Å²) in [4.78, 5) is 19.7. The first-order chi connectivity index (χ1) is 17.7. The third-order valence-corrected chi connectivity index (χ3v) is 8.68. The van der Waals surface area contributed by atoms with E-state index in [-0.39, 0.29) is 26.2 Å². The summed E-state index contributed by atoms with van der Waals surface area (Å²) in [6.07, 6.45) is 1.35. The van der Waals surface area contributed by atoms with Gasteiger partial charge in [-0.2, -0.15) is 4.98 Å². The molecule has 0 fully saturated rings. The molecule has 2 heterocycles. The topological polar surface area (TPSA) is 129 Å². The van der Waals surface area contributed by atoms with E-state index in [9.17, 15) is 18.3 Å². The second-order valence-electron chi connectivity index (χ2n) is 8.40. The number of para-hydroxylation sites is 1. The van der Waals surface area contributed by atoms with Crippen molar-refractivity contribution in [1.29, 1.82) is 0 Å². The Morgan fingerprint density at radius 3 is 2.54 bits per heavy atom. The summed E-state index contributed by atoms with van der Waals surface area (Å²) in [5, 5.41) is 23.2. The van der Waals surface area contributed by atoms with Gasteiger partial charge in [-0.05, 0) is 42.8 Å². The molecule has 1 aromatic heterocycles. The zero-order chi connectivity index (χ0) is 26.2. The van der Waals surface area contributed by atoms with E-state index >= 15 is 0 Å². The number of carboxylic acid groups (broad SMARTS) is 1.